The Labute approximate surface area is 146 Å². The predicted octanol–water partition coefficient (Wildman–Crippen LogP) is 2.32. The summed E-state index contributed by atoms with van der Waals surface area (Å²) in [7, 11) is 0. The van der Waals surface area contributed by atoms with Crippen molar-refractivity contribution in [1.82, 2.24) is 15.2 Å². The van der Waals surface area contributed by atoms with Crippen LogP contribution in [0.2, 0.25) is 0 Å². The van der Waals surface area contributed by atoms with E-state index in [-0.39, 0.29) is 24.1 Å². The molecular weight excluding hydrogens is 321 g/mol. The summed E-state index contributed by atoms with van der Waals surface area (Å²) in [4.78, 5) is 29.3. The fraction of sp³-hybridized carbons (Fsp3) is 0.316. The van der Waals surface area contributed by atoms with Crippen LogP contribution in [0.5, 0.6) is 0 Å². The molecule has 132 valence electrons. The number of carbonyl (C=O) groups excluding carboxylic acids is 2. The highest BCUT2D eigenvalue weighted by molar-refractivity contribution is 5.78. The Morgan fingerprint density at radius 1 is 1.08 bits per heavy atom. The van der Waals surface area contributed by atoms with Gasteiger partial charge in [0.25, 0.3) is 0 Å². The van der Waals surface area contributed by atoms with E-state index in [9.17, 15) is 14.0 Å². The zero-order valence-corrected chi connectivity index (χ0v) is 14.2. The van der Waals surface area contributed by atoms with E-state index in [0.29, 0.717) is 26.1 Å². The SMILES string of the molecule is CC(=O)N(CCC(=O)NCCc1ccc(F)cc1)Cc1ccncc1. The van der Waals surface area contributed by atoms with E-state index in [1.165, 1.54) is 19.1 Å². The monoisotopic (exact) mass is 343 g/mol. The number of aromatic nitrogens is 1. The van der Waals surface area contributed by atoms with Gasteiger partial charge in [-0.05, 0) is 41.8 Å². The van der Waals surface area contributed by atoms with Gasteiger partial charge in [-0.1, -0.05) is 12.1 Å². The molecule has 0 aliphatic heterocycles. The van der Waals surface area contributed by atoms with Gasteiger partial charge in [-0.25, -0.2) is 4.39 Å². The maximum Gasteiger partial charge on any atom is 0.221 e. The third-order valence-electron chi connectivity index (χ3n) is 3.83. The van der Waals surface area contributed by atoms with Gasteiger partial charge in [0.15, 0.2) is 0 Å². The molecule has 5 nitrogen and oxygen atoms in total. The first-order chi connectivity index (χ1) is 12.0. The summed E-state index contributed by atoms with van der Waals surface area (Å²) in [5.74, 6) is -0.453. The predicted molar refractivity (Wildman–Crippen MR) is 93.1 cm³/mol. The van der Waals surface area contributed by atoms with E-state index < -0.39 is 0 Å². The lowest BCUT2D eigenvalue weighted by molar-refractivity contribution is -0.130. The molecule has 0 radical (unpaired) electrons. The van der Waals surface area contributed by atoms with Gasteiger partial charge < -0.3 is 10.2 Å². The van der Waals surface area contributed by atoms with E-state index in [2.05, 4.69) is 10.3 Å². The molecule has 0 aliphatic carbocycles. The molecule has 0 fully saturated rings. The highest BCUT2D eigenvalue weighted by atomic mass is 19.1. The summed E-state index contributed by atoms with van der Waals surface area (Å²) in [5.41, 5.74) is 1.94. The molecule has 2 amide bonds. The summed E-state index contributed by atoms with van der Waals surface area (Å²) in [5, 5.41) is 2.82. The third-order valence-corrected chi connectivity index (χ3v) is 3.83. The topological polar surface area (TPSA) is 62.3 Å². The van der Waals surface area contributed by atoms with Gasteiger partial charge in [0, 0.05) is 45.4 Å². The van der Waals surface area contributed by atoms with Crippen molar-refractivity contribution in [3.63, 3.8) is 0 Å². The van der Waals surface area contributed by atoms with Crippen LogP contribution in [0.3, 0.4) is 0 Å². The lowest BCUT2D eigenvalue weighted by Gasteiger charge is -2.20. The molecule has 2 aromatic rings. The second-order valence-corrected chi connectivity index (χ2v) is 5.77. The zero-order chi connectivity index (χ0) is 18.1. The number of carbonyl (C=O) groups is 2. The summed E-state index contributed by atoms with van der Waals surface area (Å²) in [6.45, 7) is 2.79. The number of amides is 2. The molecule has 25 heavy (non-hydrogen) atoms. The van der Waals surface area contributed by atoms with Crippen molar-refractivity contribution in [3.8, 4) is 0 Å². The standard InChI is InChI=1S/C19H22FN3O2/c1-15(24)23(14-17-6-10-21-11-7-17)13-9-19(25)22-12-8-16-2-4-18(20)5-3-16/h2-7,10-11H,8-9,12-14H2,1H3,(H,22,25). The molecule has 2 rings (SSSR count). The van der Waals surface area contributed by atoms with Gasteiger partial charge in [-0.15, -0.1) is 0 Å². The maximum atomic E-state index is 12.8. The third kappa shape index (κ3) is 6.71. The summed E-state index contributed by atoms with van der Waals surface area (Å²) in [6, 6.07) is 9.90. The quantitative estimate of drug-likeness (QED) is 0.800. The molecule has 0 spiro atoms. The van der Waals surface area contributed by atoms with Crippen LogP contribution < -0.4 is 5.32 Å². The number of nitrogens with zero attached hydrogens (tertiary/aromatic N) is 2. The van der Waals surface area contributed by atoms with Crippen LogP contribution in [-0.4, -0.2) is 34.8 Å². The first-order valence-electron chi connectivity index (χ1n) is 8.20. The van der Waals surface area contributed by atoms with E-state index in [1.54, 1.807) is 29.4 Å². The van der Waals surface area contributed by atoms with Crippen LogP contribution in [0.25, 0.3) is 0 Å². The first kappa shape index (κ1) is 18.6. The number of benzene rings is 1. The van der Waals surface area contributed by atoms with Gasteiger partial charge in [0.2, 0.25) is 11.8 Å². The molecule has 0 bridgehead atoms. The lowest BCUT2D eigenvalue weighted by atomic mass is 10.1. The highest BCUT2D eigenvalue weighted by Crippen LogP contribution is 2.05. The van der Waals surface area contributed by atoms with Crippen molar-refractivity contribution in [2.24, 2.45) is 0 Å². The van der Waals surface area contributed by atoms with Crippen molar-refractivity contribution in [1.29, 1.82) is 0 Å². The second-order valence-electron chi connectivity index (χ2n) is 5.77. The van der Waals surface area contributed by atoms with E-state index >= 15 is 0 Å². The van der Waals surface area contributed by atoms with Crippen molar-refractivity contribution in [2.45, 2.75) is 26.3 Å². The minimum absolute atomic E-state index is 0.0732. The van der Waals surface area contributed by atoms with Crippen molar-refractivity contribution in [2.75, 3.05) is 13.1 Å². The minimum Gasteiger partial charge on any atom is -0.356 e. The van der Waals surface area contributed by atoms with Crippen LogP contribution >= 0.6 is 0 Å². The van der Waals surface area contributed by atoms with E-state index in [1.807, 2.05) is 12.1 Å². The molecule has 6 heteroatoms. The van der Waals surface area contributed by atoms with Crippen LogP contribution in [0.4, 0.5) is 4.39 Å². The molecule has 1 heterocycles. The average Bonchev–Trinajstić information content (AvgIpc) is 2.61. The molecule has 0 saturated carbocycles. The molecule has 0 atom stereocenters. The van der Waals surface area contributed by atoms with Gasteiger partial charge in [0.1, 0.15) is 5.82 Å². The van der Waals surface area contributed by atoms with Crippen LogP contribution in [-0.2, 0) is 22.6 Å². The normalized spacial score (nSPS) is 10.3. The van der Waals surface area contributed by atoms with Crippen LogP contribution in [0.1, 0.15) is 24.5 Å². The number of halogens is 1. The molecule has 1 aromatic heterocycles. The van der Waals surface area contributed by atoms with Gasteiger partial charge in [0.05, 0.1) is 0 Å². The summed E-state index contributed by atoms with van der Waals surface area (Å²) >= 11 is 0. The minimum atomic E-state index is -0.272. The Hall–Kier alpha value is -2.76. The second kappa shape index (κ2) is 9.52. The Kier molecular flexibility index (Phi) is 7.07. The summed E-state index contributed by atoms with van der Waals surface area (Å²) < 4.78 is 12.8. The molecule has 0 saturated heterocycles. The molecule has 1 aromatic carbocycles. The van der Waals surface area contributed by atoms with Crippen molar-refractivity contribution in [3.05, 3.63) is 65.7 Å². The highest BCUT2D eigenvalue weighted by Gasteiger charge is 2.11. The van der Waals surface area contributed by atoms with E-state index in [4.69, 9.17) is 0 Å². The van der Waals surface area contributed by atoms with Crippen molar-refractivity contribution < 1.29 is 14.0 Å². The fourth-order valence-corrected chi connectivity index (χ4v) is 2.38. The molecular formula is C19H22FN3O2. The molecule has 1 N–H and O–H groups in total. The number of rotatable bonds is 8. The first-order valence-corrected chi connectivity index (χ1v) is 8.20. The summed E-state index contributed by atoms with van der Waals surface area (Å²) in [6.07, 6.45) is 4.24. The van der Waals surface area contributed by atoms with Crippen molar-refractivity contribution >= 4 is 11.8 Å². The number of pyridine rings is 1. The van der Waals surface area contributed by atoms with Gasteiger partial charge >= 0.3 is 0 Å². The number of nitrogens with one attached hydrogen (secondary N) is 1. The molecule has 0 unspecified atom stereocenters. The zero-order valence-electron chi connectivity index (χ0n) is 14.2. The number of hydrogen-bond acceptors (Lipinski definition) is 3. The Morgan fingerprint density at radius 2 is 1.76 bits per heavy atom. The Morgan fingerprint density at radius 3 is 2.40 bits per heavy atom. The largest absolute Gasteiger partial charge is 0.356 e. The average molecular weight is 343 g/mol. The smallest absolute Gasteiger partial charge is 0.221 e. The number of hydrogen-bond donors (Lipinski definition) is 1. The lowest BCUT2D eigenvalue weighted by Crippen LogP contribution is -2.34. The molecule has 0 aliphatic rings. The van der Waals surface area contributed by atoms with E-state index in [0.717, 1.165) is 11.1 Å². The Bertz CT molecular complexity index is 690. The van der Waals surface area contributed by atoms with Gasteiger partial charge in [-0.3, -0.25) is 14.6 Å². The maximum absolute atomic E-state index is 12.8. The van der Waals surface area contributed by atoms with Gasteiger partial charge in [-0.2, -0.15) is 0 Å². The Balaban J connectivity index is 1.73. The fourth-order valence-electron chi connectivity index (χ4n) is 2.38. The van der Waals surface area contributed by atoms with Crippen LogP contribution in [0, 0.1) is 5.82 Å². The van der Waals surface area contributed by atoms with Crippen LogP contribution in [0.15, 0.2) is 48.8 Å².